The molecule has 98 valence electrons. The molecule has 2 aromatic carbocycles. The fraction of sp³-hybridized carbons (Fsp3) is 0.188. The Balaban J connectivity index is 2.13. The summed E-state index contributed by atoms with van der Waals surface area (Å²) in [7, 11) is 0. The minimum absolute atomic E-state index is 0.0306. The zero-order valence-electron chi connectivity index (χ0n) is 10.8. The number of carbonyl (C=O) groups is 1. The lowest BCUT2D eigenvalue weighted by molar-refractivity contribution is -0.119. The summed E-state index contributed by atoms with van der Waals surface area (Å²) in [6.07, 6.45) is 0.259. The maximum Gasteiger partial charge on any atom is 0.158 e. The Morgan fingerprint density at radius 1 is 1.21 bits per heavy atom. The van der Waals surface area contributed by atoms with E-state index in [9.17, 15) is 4.79 Å². The van der Waals surface area contributed by atoms with Gasteiger partial charge in [-0.05, 0) is 29.7 Å². The molecule has 2 aromatic rings. The van der Waals surface area contributed by atoms with Gasteiger partial charge in [0.15, 0.2) is 5.78 Å². The van der Waals surface area contributed by atoms with Crippen molar-refractivity contribution in [1.82, 2.24) is 0 Å². The molecule has 2 N–H and O–H groups in total. The van der Waals surface area contributed by atoms with Gasteiger partial charge in [0.25, 0.3) is 0 Å². The van der Waals surface area contributed by atoms with E-state index in [-0.39, 0.29) is 12.2 Å². The molecule has 0 fully saturated rings. The fourth-order valence-corrected chi connectivity index (χ4v) is 2.24. The van der Waals surface area contributed by atoms with Crippen molar-refractivity contribution in [3.63, 3.8) is 0 Å². The van der Waals surface area contributed by atoms with Gasteiger partial charge in [0, 0.05) is 11.4 Å². The van der Waals surface area contributed by atoms with Crippen molar-refractivity contribution in [2.75, 3.05) is 0 Å². The molecule has 0 radical (unpaired) electrons. The van der Waals surface area contributed by atoms with E-state index in [0.29, 0.717) is 5.02 Å². The van der Waals surface area contributed by atoms with Crippen LogP contribution in [0.4, 0.5) is 0 Å². The number of hydrogen-bond acceptors (Lipinski definition) is 2. The van der Waals surface area contributed by atoms with Crippen molar-refractivity contribution in [3.8, 4) is 0 Å². The molecule has 0 aliphatic heterocycles. The number of hydrogen-bond donors (Lipinski definition) is 1. The fourth-order valence-electron chi connectivity index (χ4n) is 1.94. The molecule has 0 heterocycles. The molecule has 0 aliphatic rings. The van der Waals surface area contributed by atoms with Gasteiger partial charge in [-0.1, -0.05) is 54.1 Å². The summed E-state index contributed by atoms with van der Waals surface area (Å²) in [5.74, 6) is -0.0306. The second-order valence-electron chi connectivity index (χ2n) is 4.63. The zero-order chi connectivity index (χ0) is 13.8. The van der Waals surface area contributed by atoms with Crippen LogP contribution in [0.5, 0.6) is 0 Å². The first-order valence-electron chi connectivity index (χ1n) is 6.16. The van der Waals surface area contributed by atoms with Gasteiger partial charge in [-0.3, -0.25) is 4.79 Å². The average molecular weight is 274 g/mol. The summed E-state index contributed by atoms with van der Waals surface area (Å²) in [5, 5.41) is 0.619. The van der Waals surface area contributed by atoms with Crippen LogP contribution in [-0.2, 0) is 11.2 Å². The normalized spacial score (nSPS) is 12.2. The van der Waals surface area contributed by atoms with E-state index in [1.807, 2.05) is 55.5 Å². The van der Waals surface area contributed by atoms with Crippen LogP contribution in [-0.4, -0.2) is 5.78 Å². The highest BCUT2D eigenvalue weighted by Crippen LogP contribution is 2.20. The van der Waals surface area contributed by atoms with Crippen molar-refractivity contribution in [2.45, 2.75) is 19.4 Å². The van der Waals surface area contributed by atoms with E-state index in [2.05, 4.69) is 0 Å². The third kappa shape index (κ3) is 3.43. The molecule has 0 aliphatic carbocycles. The van der Waals surface area contributed by atoms with E-state index in [1.54, 1.807) is 0 Å². The number of benzene rings is 2. The van der Waals surface area contributed by atoms with E-state index in [1.165, 1.54) is 0 Å². The van der Waals surface area contributed by atoms with Crippen LogP contribution in [0, 0.1) is 6.92 Å². The molecule has 0 saturated carbocycles. The van der Waals surface area contributed by atoms with Crippen molar-refractivity contribution in [3.05, 3.63) is 70.2 Å². The van der Waals surface area contributed by atoms with Crippen molar-refractivity contribution in [2.24, 2.45) is 5.73 Å². The summed E-state index contributed by atoms with van der Waals surface area (Å²) in [6, 6.07) is 14.5. The molecule has 1 unspecified atom stereocenters. The standard InChI is InChI=1S/C16H16ClNO/c1-11-7-8-13(14(17)9-11)10-15(19)16(18)12-5-3-2-4-6-12/h2-9,16H,10,18H2,1H3. The number of ketones is 1. The second-order valence-corrected chi connectivity index (χ2v) is 5.03. The van der Waals surface area contributed by atoms with Gasteiger partial charge in [-0.2, -0.15) is 0 Å². The minimum atomic E-state index is -0.599. The number of halogens is 1. The maximum atomic E-state index is 12.2. The Hall–Kier alpha value is -1.64. The topological polar surface area (TPSA) is 43.1 Å². The summed E-state index contributed by atoms with van der Waals surface area (Å²) >= 11 is 6.13. The largest absolute Gasteiger partial charge is 0.318 e. The molecule has 2 nitrogen and oxygen atoms in total. The molecule has 3 heteroatoms. The van der Waals surface area contributed by atoms with Gasteiger partial charge in [-0.15, -0.1) is 0 Å². The molecular formula is C16H16ClNO. The lowest BCUT2D eigenvalue weighted by Gasteiger charge is -2.12. The van der Waals surface area contributed by atoms with Crippen LogP contribution in [0.15, 0.2) is 48.5 Å². The molecule has 0 saturated heterocycles. The van der Waals surface area contributed by atoms with E-state index in [0.717, 1.165) is 16.7 Å². The highest BCUT2D eigenvalue weighted by molar-refractivity contribution is 6.31. The molecular weight excluding hydrogens is 258 g/mol. The smallest absolute Gasteiger partial charge is 0.158 e. The predicted molar refractivity (Wildman–Crippen MR) is 78.3 cm³/mol. The molecule has 2 rings (SSSR count). The van der Waals surface area contributed by atoms with Crippen molar-refractivity contribution >= 4 is 17.4 Å². The monoisotopic (exact) mass is 273 g/mol. The van der Waals surface area contributed by atoms with Crippen LogP contribution >= 0.6 is 11.6 Å². The summed E-state index contributed by atoms with van der Waals surface area (Å²) < 4.78 is 0. The SMILES string of the molecule is Cc1ccc(CC(=O)C(N)c2ccccc2)c(Cl)c1. The lowest BCUT2D eigenvalue weighted by Crippen LogP contribution is -2.23. The van der Waals surface area contributed by atoms with Gasteiger partial charge >= 0.3 is 0 Å². The Morgan fingerprint density at radius 2 is 1.89 bits per heavy atom. The van der Waals surface area contributed by atoms with E-state index >= 15 is 0 Å². The van der Waals surface area contributed by atoms with E-state index in [4.69, 9.17) is 17.3 Å². The number of rotatable bonds is 4. The third-order valence-electron chi connectivity index (χ3n) is 3.08. The maximum absolute atomic E-state index is 12.2. The first-order chi connectivity index (χ1) is 9.08. The lowest BCUT2D eigenvalue weighted by atomic mass is 9.98. The molecule has 0 spiro atoms. The minimum Gasteiger partial charge on any atom is -0.318 e. The Kier molecular flexibility index (Phi) is 4.35. The quantitative estimate of drug-likeness (QED) is 0.927. The molecule has 0 amide bonds. The molecule has 0 aromatic heterocycles. The Morgan fingerprint density at radius 3 is 2.53 bits per heavy atom. The first-order valence-corrected chi connectivity index (χ1v) is 6.54. The number of aryl methyl sites for hydroxylation is 1. The predicted octanol–water partition coefficient (Wildman–Crippen LogP) is 3.46. The van der Waals surface area contributed by atoms with Gasteiger partial charge < -0.3 is 5.73 Å². The van der Waals surface area contributed by atoms with Crippen LogP contribution in [0.25, 0.3) is 0 Å². The van der Waals surface area contributed by atoms with Gasteiger partial charge in [-0.25, -0.2) is 0 Å². The number of nitrogens with two attached hydrogens (primary N) is 1. The number of Topliss-reactive ketones (excluding diaryl/α,β-unsaturated/α-hetero) is 1. The highest BCUT2D eigenvalue weighted by Gasteiger charge is 2.16. The van der Waals surface area contributed by atoms with Gasteiger partial charge in [0.2, 0.25) is 0 Å². The summed E-state index contributed by atoms with van der Waals surface area (Å²) in [5.41, 5.74) is 8.70. The van der Waals surface area contributed by atoms with Gasteiger partial charge in [0.05, 0.1) is 6.04 Å². The van der Waals surface area contributed by atoms with Crippen LogP contribution in [0.2, 0.25) is 5.02 Å². The highest BCUT2D eigenvalue weighted by atomic mass is 35.5. The van der Waals surface area contributed by atoms with E-state index < -0.39 is 6.04 Å². The summed E-state index contributed by atoms with van der Waals surface area (Å²) in [6.45, 7) is 1.97. The van der Waals surface area contributed by atoms with Crippen LogP contribution < -0.4 is 5.73 Å². The summed E-state index contributed by atoms with van der Waals surface area (Å²) in [4.78, 5) is 12.2. The number of carbonyl (C=O) groups excluding carboxylic acids is 1. The van der Waals surface area contributed by atoms with Crippen LogP contribution in [0.3, 0.4) is 0 Å². The Labute approximate surface area is 118 Å². The van der Waals surface area contributed by atoms with Crippen LogP contribution in [0.1, 0.15) is 22.7 Å². The van der Waals surface area contributed by atoms with Gasteiger partial charge in [0.1, 0.15) is 0 Å². The zero-order valence-corrected chi connectivity index (χ0v) is 11.5. The molecule has 19 heavy (non-hydrogen) atoms. The Bertz CT molecular complexity index is 581. The molecule has 1 atom stereocenters. The van der Waals surface area contributed by atoms with Crippen molar-refractivity contribution in [1.29, 1.82) is 0 Å². The molecule has 0 bridgehead atoms. The average Bonchev–Trinajstić information content (AvgIpc) is 2.42. The van der Waals surface area contributed by atoms with Crippen molar-refractivity contribution < 1.29 is 4.79 Å². The first kappa shape index (κ1) is 13.8. The third-order valence-corrected chi connectivity index (χ3v) is 3.43. The second kappa shape index (κ2) is 6.00.